The minimum absolute atomic E-state index is 0.0222. The van der Waals surface area contributed by atoms with Gasteiger partial charge in [0.15, 0.2) is 11.4 Å². The third kappa shape index (κ3) is 4.00. The van der Waals surface area contributed by atoms with E-state index in [9.17, 15) is 19.5 Å². The number of nitrogens with one attached hydrogen (secondary N) is 1. The molecule has 2 N–H and O–H groups in total. The van der Waals surface area contributed by atoms with Gasteiger partial charge in [-0.2, -0.15) is 0 Å². The number of hydrogen-bond acceptors (Lipinski definition) is 6. The summed E-state index contributed by atoms with van der Waals surface area (Å²) in [7, 11) is 0. The summed E-state index contributed by atoms with van der Waals surface area (Å²) in [6, 6.07) is 13.3. The molecular formula is C29H27FN4O4S. The summed E-state index contributed by atoms with van der Waals surface area (Å²) >= 11 is 1.63. The minimum Gasteiger partial charge on any atom is -0.502 e. The van der Waals surface area contributed by atoms with Crippen LogP contribution in [0.5, 0.6) is 5.75 Å². The fourth-order valence-corrected chi connectivity index (χ4v) is 7.02. The Morgan fingerprint density at radius 1 is 1.05 bits per heavy atom. The second-order valence-corrected chi connectivity index (χ2v) is 11.7. The second-order valence-electron chi connectivity index (χ2n) is 10.7. The van der Waals surface area contributed by atoms with Crippen molar-refractivity contribution in [1.82, 2.24) is 14.9 Å². The Labute approximate surface area is 228 Å². The molecule has 1 atom stereocenters. The van der Waals surface area contributed by atoms with Crippen molar-refractivity contribution in [3.63, 3.8) is 0 Å². The highest BCUT2D eigenvalue weighted by atomic mass is 32.2. The Morgan fingerprint density at radius 3 is 2.64 bits per heavy atom. The second kappa shape index (κ2) is 9.15. The monoisotopic (exact) mass is 546 g/mol. The number of amides is 2. The van der Waals surface area contributed by atoms with Gasteiger partial charge in [0.1, 0.15) is 18.5 Å². The van der Waals surface area contributed by atoms with Gasteiger partial charge in [-0.25, -0.2) is 4.39 Å². The lowest BCUT2D eigenvalue weighted by molar-refractivity contribution is -0.123. The predicted molar refractivity (Wildman–Crippen MR) is 144 cm³/mol. The molecule has 1 aromatic heterocycles. The molecule has 8 nitrogen and oxygen atoms in total. The van der Waals surface area contributed by atoms with Crippen molar-refractivity contribution in [3.8, 4) is 5.75 Å². The van der Waals surface area contributed by atoms with Crippen LogP contribution in [0.25, 0.3) is 0 Å². The van der Waals surface area contributed by atoms with Crippen LogP contribution in [-0.2, 0) is 10.5 Å². The normalized spacial score (nSPS) is 23.7. The van der Waals surface area contributed by atoms with E-state index in [1.165, 1.54) is 23.0 Å². The lowest BCUT2D eigenvalue weighted by Gasteiger charge is -2.50. The number of thioether (sulfide) groups is 1. The van der Waals surface area contributed by atoms with Crippen LogP contribution in [0.3, 0.4) is 0 Å². The Balaban J connectivity index is 1.32. The molecule has 39 heavy (non-hydrogen) atoms. The van der Waals surface area contributed by atoms with Crippen molar-refractivity contribution < 1.29 is 19.1 Å². The molecule has 0 radical (unpaired) electrons. The standard InChI is InChI=1S/C29H27FN4O4S/c30-21-6-3-4-17-14-39-23-7-2-1-5-20(23)25(24(17)21)34-15-32(19-12-18(13-19)31-28(37)16-8-9-16)29(38)26-27(36)22(35)10-11-33(26)34/h1-7,10-11,16,18-19,25,36H,8-9,12-15H2,(H,31,37)/t18?,19?,25-/m1/s1. The molecule has 4 aliphatic rings. The Morgan fingerprint density at radius 2 is 1.85 bits per heavy atom. The number of aromatic nitrogens is 1. The number of halogens is 1. The molecule has 0 bridgehead atoms. The van der Waals surface area contributed by atoms with Gasteiger partial charge in [-0.3, -0.25) is 24.1 Å². The summed E-state index contributed by atoms with van der Waals surface area (Å²) in [5.74, 6) is -0.668. The van der Waals surface area contributed by atoms with Crippen LogP contribution >= 0.6 is 11.8 Å². The van der Waals surface area contributed by atoms with Gasteiger partial charge in [0.05, 0.1) is 0 Å². The van der Waals surface area contributed by atoms with Gasteiger partial charge >= 0.3 is 0 Å². The van der Waals surface area contributed by atoms with E-state index in [1.54, 1.807) is 22.7 Å². The zero-order valence-corrected chi connectivity index (χ0v) is 21.9. The van der Waals surface area contributed by atoms with Crippen LogP contribution in [0.2, 0.25) is 0 Å². The third-order valence-corrected chi connectivity index (χ3v) is 9.39. The quantitative estimate of drug-likeness (QED) is 0.520. The summed E-state index contributed by atoms with van der Waals surface area (Å²) in [5, 5.41) is 15.7. The first-order valence-electron chi connectivity index (χ1n) is 13.2. The summed E-state index contributed by atoms with van der Waals surface area (Å²) in [5.41, 5.74) is 1.46. The molecule has 2 fully saturated rings. The predicted octanol–water partition coefficient (Wildman–Crippen LogP) is 3.50. The molecule has 2 aliphatic carbocycles. The first-order chi connectivity index (χ1) is 18.9. The molecule has 7 rings (SSSR count). The number of carbonyl (C=O) groups excluding carboxylic acids is 2. The van der Waals surface area contributed by atoms with Gasteiger partial charge in [0, 0.05) is 46.5 Å². The maximum Gasteiger partial charge on any atom is 0.278 e. The Hall–Kier alpha value is -3.79. The van der Waals surface area contributed by atoms with Crippen molar-refractivity contribution in [2.45, 2.75) is 54.5 Å². The molecule has 0 saturated heterocycles. The zero-order chi connectivity index (χ0) is 26.8. The van der Waals surface area contributed by atoms with Gasteiger partial charge < -0.3 is 15.3 Å². The molecular weight excluding hydrogens is 519 g/mol. The van der Waals surface area contributed by atoms with E-state index in [0.717, 1.165) is 28.9 Å². The maximum absolute atomic E-state index is 15.7. The van der Waals surface area contributed by atoms with E-state index in [0.29, 0.717) is 24.2 Å². The average molecular weight is 547 g/mol. The smallest absolute Gasteiger partial charge is 0.278 e. The number of pyridine rings is 1. The number of aromatic hydroxyl groups is 1. The maximum atomic E-state index is 15.7. The number of benzene rings is 2. The highest BCUT2D eigenvalue weighted by molar-refractivity contribution is 7.98. The fourth-order valence-electron chi connectivity index (χ4n) is 5.94. The lowest BCUT2D eigenvalue weighted by atomic mass is 9.85. The first kappa shape index (κ1) is 24.3. The zero-order valence-electron chi connectivity index (χ0n) is 21.0. The summed E-state index contributed by atoms with van der Waals surface area (Å²) in [6.45, 7) is 0.125. The van der Waals surface area contributed by atoms with Gasteiger partial charge in [0.2, 0.25) is 11.3 Å². The summed E-state index contributed by atoms with van der Waals surface area (Å²) in [4.78, 5) is 41.1. The first-order valence-corrected chi connectivity index (χ1v) is 14.2. The molecule has 200 valence electrons. The van der Waals surface area contributed by atoms with Crippen LogP contribution in [0.4, 0.5) is 4.39 Å². The van der Waals surface area contributed by atoms with Crippen LogP contribution in [0, 0.1) is 11.7 Å². The van der Waals surface area contributed by atoms with E-state index in [4.69, 9.17) is 0 Å². The molecule has 2 aromatic carbocycles. The van der Waals surface area contributed by atoms with Gasteiger partial charge in [0.25, 0.3) is 5.91 Å². The van der Waals surface area contributed by atoms with Crippen LogP contribution in [0.15, 0.2) is 64.4 Å². The highest BCUT2D eigenvalue weighted by Gasteiger charge is 2.45. The molecule has 2 amide bonds. The minimum atomic E-state index is -0.650. The Bertz CT molecular complexity index is 1570. The van der Waals surface area contributed by atoms with E-state index in [2.05, 4.69) is 5.32 Å². The largest absolute Gasteiger partial charge is 0.502 e. The van der Waals surface area contributed by atoms with Crippen molar-refractivity contribution >= 4 is 23.6 Å². The average Bonchev–Trinajstić information content (AvgIpc) is 3.76. The molecule has 2 saturated carbocycles. The van der Waals surface area contributed by atoms with E-state index < -0.39 is 23.1 Å². The van der Waals surface area contributed by atoms with Gasteiger partial charge in [-0.1, -0.05) is 30.3 Å². The Kier molecular flexibility index (Phi) is 5.69. The number of hydrogen-bond donors (Lipinski definition) is 2. The molecule has 0 spiro atoms. The summed E-state index contributed by atoms with van der Waals surface area (Å²) in [6.07, 6.45) is 4.49. The summed E-state index contributed by atoms with van der Waals surface area (Å²) < 4.78 is 17.2. The lowest BCUT2D eigenvalue weighted by Crippen LogP contribution is -2.63. The van der Waals surface area contributed by atoms with E-state index in [1.807, 2.05) is 35.3 Å². The third-order valence-electron chi connectivity index (χ3n) is 8.25. The molecule has 3 heterocycles. The van der Waals surface area contributed by atoms with Crippen molar-refractivity contribution in [3.05, 3.63) is 93.2 Å². The van der Waals surface area contributed by atoms with Crippen molar-refractivity contribution in [2.75, 3.05) is 11.7 Å². The molecule has 3 aromatic rings. The van der Waals surface area contributed by atoms with Crippen LogP contribution < -0.4 is 15.8 Å². The van der Waals surface area contributed by atoms with Crippen molar-refractivity contribution in [2.24, 2.45) is 5.92 Å². The molecule has 10 heteroatoms. The molecule has 0 unspecified atom stereocenters. The highest BCUT2D eigenvalue weighted by Crippen LogP contribution is 2.44. The van der Waals surface area contributed by atoms with Crippen LogP contribution in [0.1, 0.15) is 58.9 Å². The SMILES string of the molecule is O=C(NC1CC(N2CN([C@@H]3c4ccccc4SCc4cccc(F)c43)n3ccc(=O)c(O)c3C2=O)C1)C1CC1. The number of rotatable bonds is 4. The number of nitrogens with zero attached hydrogens (tertiary/aromatic N) is 3. The number of fused-ring (bicyclic) bond motifs is 3. The van der Waals surface area contributed by atoms with Gasteiger partial charge in [-0.15, -0.1) is 11.8 Å². The molecule has 2 aliphatic heterocycles. The number of carbonyl (C=O) groups is 2. The fraction of sp³-hybridized carbons (Fsp3) is 0.345. The van der Waals surface area contributed by atoms with Crippen LogP contribution in [-0.4, -0.2) is 45.2 Å². The van der Waals surface area contributed by atoms with E-state index in [-0.39, 0.29) is 42.1 Å². The topological polar surface area (TPSA) is 94.9 Å². The van der Waals surface area contributed by atoms with E-state index >= 15 is 4.39 Å². The van der Waals surface area contributed by atoms with Crippen molar-refractivity contribution in [1.29, 1.82) is 0 Å². The van der Waals surface area contributed by atoms with Gasteiger partial charge in [-0.05, 0) is 48.9 Å².